The van der Waals surface area contributed by atoms with Gasteiger partial charge in [0.25, 0.3) is 0 Å². The fraction of sp³-hybridized carbons (Fsp3) is 0.667. The van der Waals surface area contributed by atoms with E-state index in [0.717, 1.165) is 14.2 Å². The van der Waals surface area contributed by atoms with E-state index in [-0.39, 0.29) is 6.47 Å². The molecule has 5 nitrogen and oxygen atoms in total. The Morgan fingerprint density at radius 1 is 1.33 bits per heavy atom. The van der Waals surface area contributed by atoms with Gasteiger partial charge in [-0.2, -0.15) is 0 Å². The van der Waals surface area contributed by atoms with Crippen molar-refractivity contribution in [1.82, 2.24) is 0 Å². The van der Waals surface area contributed by atoms with Crippen molar-refractivity contribution < 1.29 is 22.9 Å². The van der Waals surface area contributed by atoms with Crippen LogP contribution in [0.4, 0.5) is 0 Å². The van der Waals surface area contributed by atoms with E-state index in [1.807, 2.05) is 0 Å². The normalized spacial score (nSPS) is 10.9. The van der Waals surface area contributed by atoms with Gasteiger partial charge in [-0.15, -0.1) is 0 Å². The number of carbonyl (C=O) groups excluding carboxylic acids is 1. The highest BCUT2D eigenvalue weighted by atomic mass is 31.2. The zero-order chi connectivity index (χ0) is 7.33. The number of phosphoric acid groups is 1. The molecule has 0 aromatic heterocycles. The fourth-order valence-electron chi connectivity index (χ4n) is 0.213. The van der Waals surface area contributed by atoms with E-state index < -0.39 is 7.82 Å². The van der Waals surface area contributed by atoms with Gasteiger partial charge in [0.15, 0.2) is 0 Å². The molecule has 0 aliphatic rings. The molecule has 0 aromatic carbocycles. The van der Waals surface area contributed by atoms with E-state index in [9.17, 15) is 9.36 Å². The summed E-state index contributed by atoms with van der Waals surface area (Å²) in [5.41, 5.74) is 0. The molecule has 6 heteroatoms. The van der Waals surface area contributed by atoms with Gasteiger partial charge in [-0.3, -0.25) is 13.8 Å². The number of hydrogen-bond acceptors (Lipinski definition) is 5. The third-order valence-corrected chi connectivity index (χ3v) is 1.86. The van der Waals surface area contributed by atoms with Gasteiger partial charge in [-0.05, 0) is 0 Å². The molecule has 0 saturated carbocycles. The van der Waals surface area contributed by atoms with Crippen LogP contribution >= 0.6 is 7.82 Å². The Morgan fingerprint density at radius 2 is 1.78 bits per heavy atom. The lowest BCUT2D eigenvalue weighted by molar-refractivity contribution is -0.122. The number of phosphoric ester groups is 1. The van der Waals surface area contributed by atoms with Crippen LogP contribution in [0.1, 0.15) is 0 Å². The lowest BCUT2D eigenvalue weighted by atomic mass is 11.7. The van der Waals surface area contributed by atoms with Crippen molar-refractivity contribution in [1.29, 1.82) is 0 Å². The maximum atomic E-state index is 10.7. The topological polar surface area (TPSA) is 61.8 Å². The third-order valence-electron chi connectivity index (χ3n) is 0.619. The molecule has 0 bridgehead atoms. The van der Waals surface area contributed by atoms with Gasteiger partial charge < -0.3 is 4.52 Å². The first-order chi connectivity index (χ1) is 4.18. The monoisotopic (exact) mass is 154 g/mol. The highest BCUT2D eigenvalue weighted by Crippen LogP contribution is 2.46. The summed E-state index contributed by atoms with van der Waals surface area (Å²) in [5, 5.41) is 0. The molecule has 0 rings (SSSR count). The molecule has 0 heterocycles. The van der Waals surface area contributed by atoms with E-state index in [2.05, 4.69) is 13.6 Å². The zero-order valence-electron chi connectivity index (χ0n) is 5.07. The molecule has 0 aliphatic carbocycles. The Hall–Kier alpha value is -0.380. The van der Waals surface area contributed by atoms with Crippen molar-refractivity contribution in [3.05, 3.63) is 0 Å². The van der Waals surface area contributed by atoms with Gasteiger partial charge in [-0.1, -0.05) is 0 Å². The van der Waals surface area contributed by atoms with Crippen LogP contribution in [0.5, 0.6) is 0 Å². The van der Waals surface area contributed by atoms with E-state index in [1.54, 1.807) is 0 Å². The summed E-state index contributed by atoms with van der Waals surface area (Å²) < 4.78 is 23.0. The van der Waals surface area contributed by atoms with Crippen LogP contribution in [0, 0.1) is 0 Å². The molecule has 0 atom stereocenters. The first-order valence-corrected chi connectivity index (χ1v) is 3.48. The van der Waals surface area contributed by atoms with Crippen LogP contribution in [0.3, 0.4) is 0 Å². The Kier molecular flexibility index (Phi) is 3.46. The van der Waals surface area contributed by atoms with Gasteiger partial charge in [-0.25, -0.2) is 4.57 Å². The standard InChI is InChI=1S/C3H7O5P/c1-6-9(5,7-2)8-3-4/h3H,1-2H3. The number of carbonyl (C=O) groups is 1. The maximum Gasteiger partial charge on any atom is 0.531 e. The summed E-state index contributed by atoms with van der Waals surface area (Å²) >= 11 is 0. The molecule has 0 radical (unpaired) electrons. The maximum absolute atomic E-state index is 10.7. The summed E-state index contributed by atoms with van der Waals surface area (Å²) in [5.74, 6) is 0. The van der Waals surface area contributed by atoms with Crippen LogP contribution in [0.25, 0.3) is 0 Å². The van der Waals surface area contributed by atoms with Crippen LogP contribution in [-0.4, -0.2) is 20.7 Å². The molecule has 0 aromatic rings. The van der Waals surface area contributed by atoms with E-state index in [1.165, 1.54) is 0 Å². The minimum absolute atomic E-state index is 0.00772. The minimum atomic E-state index is -3.55. The Morgan fingerprint density at radius 3 is 1.89 bits per heavy atom. The van der Waals surface area contributed by atoms with E-state index >= 15 is 0 Å². The van der Waals surface area contributed by atoms with Crippen molar-refractivity contribution >= 4 is 14.3 Å². The quantitative estimate of drug-likeness (QED) is 0.437. The molecule has 0 amide bonds. The summed E-state index contributed by atoms with van der Waals surface area (Å²) in [6.07, 6.45) is 0. The average Bonchev–Trinajstić information content (AvgIpc) is 1.89. The second-order valence-electron chi connectivity index (χ2n) is 1.01. The Bertz CT molecular complexity index is 124. The first kappa shape index (κ1) is 8.62. The highest BCUT2D eigenvalue weighted by Gasteiger charge is 2.22. The smallest absolute Gasteiger partial charge is 0.373 e. The Balaban J connectivity index is 3.93. The minimum Gasteiger partial charge on any atom is -0.373 e. The first-order valence-electron chi connectivity index (χ1n) is 2.02. The van der Waals surface area contributed by atoms with Crippen molar-refractivity contribution in [2.45, 2.75) is 0 Å². The molecule has 54 valence electrons. The zero-order valence-corrected chi connectivity index (χ0v) is 5.96. The number of hydrogen-bond donors (Lipinski definition) is 0. The van der Waals surface area contributed by atoms with Crippen LogP contribution in [0.15, 0.2) is 0 Å². The lowest BCUT2D eigenvalue weighted by Gasteiger charge is -2.07. The molecular formula is C3H7O5P. The van der Waals surface area contributed by atoms with Crippen LogP contribution in [-0.2, 0) is 22.9 Å². The second kappa shape index (κ2) is 3.61. The van der Waals surface area contributed by atoms with Gasteiger partial charge in [0.05, 0.1) is 0 Å². The summed E-state index contributed by atoms with van der Waals surface area (Å²) in [6.45, 7) is 0.00772. The summed E-state index contributed by atoms with van der Waals surface area (Å²) in [4.78, 5) is 9.58. The predicted octanol–water partition coefficient (Wildman–Crippen LogP) is 0.560. The molecule has 0 spiro atoms. The average molecular weight is 154 g/mol. The number of rotatable bonds is 4. The van der Waals surface area contributed by atoms with Crippen molar-refractivity contribution in [2.24, 2.45) is 0 Å². The summed E-state index contributed by atoms with van der Waals surface area (Å²) in [6, 6.07) is 0. The van der Waals surface area contributed by atoms with Gasteiger partial charge in [0, 0.05) is 14.2 Å². The van der Waals surface area contributed by atoms with Crippen LogP contribution < -0.4 is 0 Å². The summed E-state index contributed by atoms with van der Waals surface area (Å²) in [7, 11) is -1.31. The van der Waals surface area contributed by atoms with Crippen molar-refractivity contribution in [3.63, 3.8) is 0 Å². The molecule has 0 N–H and O–H groups in total. The lowest BCUT2D eigenvalue weighted by Crippen LogP contribution is -1.91. The van der Waals surface area contributed by atoms with Gasteiger partial charge >= 0.3 is 14.3 Å². The van der Waals surface area contributed by atoms with Gasteiger partial charge in [0.2, 0.25) is 0 Å². The fourth-order valence-corrected chi connectivity index (χ4v) is 0.640. The van der Waals surface area contributed by atoms with Gasteiger partial charge in [0.1, 0.15) is 0 Å². The SMILES string of the molecule is COP(=O)(OC)OC=O. The highest BCUT2D eigenvalue weighted by molar-refractivity contribution is 7.48. The van der Waals surface area contributed by atoms with E-state index in [0.29, 0.717) is 0 Å². The largest absolute Gasteiger partial charge is 0.531 e. The Labute approximate surface area is 52.5 Å². The predicted molar refractivity (Wildman–Crippen MR) is 28.8 cm³/mol. The third kappa shape index (κ3) is 2.60. The molecule has 9 heavy (non-hydrogen) atoms. The molecule has 0 aliphatic heterocycles. The molecule has 0 unspecified atom stereocenters. The second-order valence-corrected chi connectivity index (χ2v) is 2.85. The molecular weight excluding hydrogens is 147 g/mol. The molecule has 0 fully saturated rings. The van der Waals surface area contributed by atoms with E-state index in [4.69, 9.17) is 0 Å². The van der Waals surface area contributed by atoms with Crippen LogP contribution in [0.2, 0.25) is 0 Å². The molecule has 0 saturated heterocycles. The van der Waals surface area contributed by atoms with Crippen molar-refractivity contribution in [2.75, 3.05) is 14.2 Å². The van der Waals surface area contributed by atoms with Crippen molar-refractivity contribution in [3.8, 4) is 0 Å².